The number of hydrogen-bond acceptors (Lipinski definition) is 6. The molecular formula is C21H20N4O5S. The summed E-state index contributed by atoms with van der Waals surface area (Å²) in [5.41, 5.74) is 6.24. The average molecular weight is 440 g/mol. The zero-order valence-corrected chi connectivity index (χ0v) is 17.4. The van der Waals surface area contributed by atoms with Gasteiger partial charge in [0.05, 0.1) is 17.5 Å². The minimum Gasteiger partial charge on any atom is -0.369 e. The van der Waals surface area contributed by atoms with E-state index in [9.17, 15) is 24.0 Å². The zero-order valence-electron chi connectivity index (χ0n) is 16.6. The number of carbonyl (C=O) groups is 5. The summed E-state index contributed by atoms with van der Waals surface area (Å²) in [6, 6.07) is 14.0. The largest absolute Gasteiger partial charge is 0.369 e. The molecule has 1 atom stereocenters. The summed E-state index contributed by atoms with van der Waals surface area (Å²) in [5, 5.41) is 2.61. The maximum atomic E-state index is 12.7. The summed E-state index contributed by atoms with van der Waals surface area (Å²) < 4.78 is 0. The average Bonchev–Trinajstić information content (AvgIpc) is 2.96. The quantitative estimate of drug-likeness (QED) is 0.365. The lowest BCUT2D eigenvalue weighted by Crippen LogP contribution is -2.39. The predicted molar refractivity (Wildman–Crippen MR) is 114 cm³/mol. The Morgan fingerprint density at radius 1 is 1.00 bits per heavy atom. The van der Waals surface area contributed by atoms with Gasteiger partial charge in [0, 0.05) is 4.90 Å². The first-order valence-corrected chi connectivity index (χ1v) is 10.3. The number of para-hydroxylation sites is 1. The lowest BCUT2D eigenvalue weighted by atomic mass is 10.1. The fraction of sp³-hybridized carbons (Fsp3) is 0.190. The van der Waals surface area contributed by atoms with Crippen LogP contribution in [0.2, 0.25) is 0 Å². The van der Waals surface area contributed by atoms with Crippen LogP contribution in [-0.4, -0.2) is 51.8 Å². The van der Waals surface area contributed by atoms with E-state index >= 15 is 0 Å². The molecule has 1 aliphatic rings. The first-order chi connectivity index (χ1) is 14.8. The summed E-state index contributed by atoms with van der Waals surface area (Å²) in [4.78, 5) is 63.1. The SMILES string of the molecule is CC(c1ccccc1)N1C(=O)C(=O)N(CC(=O)Nc2ccccc2SCC(N)=O)C1=O. The third-order valence-corrected chi connectivity index (χ3v) is 5.68. The van der Waals surface area contributed by atoms with Gasteiger partial charge in [-0.2, -0.15) is 0 Å². The van der Waals surface area contributed by atoms with Crippen molar-refractivity contribution >= 4 is 47.1 Å². The van der Waals surface area contributed by atoms with Gasteiger partial charge in [-0.25, -0.2) is 14.6 Å². The van der Waals surface area contributed by atoms with Gasteiger partial charge < -0.3 is 11.1 Å². The highest BCUT2D eigenvalue weighted by Gasteiger charge is 2.47. The molecule has 2 aromatic rings. The minimum atomic E-state index is -1.06. The van der Waals surface area contributed by atoms with Gasteiger partial charge in [0.1, 0.15) is 6.54 Å². The molecule has 1 unspecified atom stereocenters. The van der Waals surface area contributed by atoms with E-state index in [2.05, 4.69) is 5.32 Å². The highest BCUT2D eigenvalue weighted by Crippen LogP contribution is 2.28. The summed E-state index contributed by atoms with van der Waals surface area (Å²) in [7, 11) is 0. The molecule has 0 aromatic heterocycles. The van der Waals surface area contributed by atoms with Crippen molar-refractivity contribution in [1.82, 2.24) is 9.80 Å². The maximum absolute atomic E-state index is 12.7. The van der Waals surface area contributed by atoms with Gasteiger partial charge in [-0.3, -0.25) is 19.2 Å². The molecule has 0 radical (unpaired) electrons. The summed E-state index contributed by atoms with van der Waals surface area (Å²) in [6.07, 6.45) is 0. The molecule has 6 amide bonds. The maximum Gasteiger partial charge on any atom is 0.335 e. The summed E-state index contributed by atoms with van der Waals surface area (Å²) in [6.45, 7) is 1.02. The molecule has 10 heteroatoms. The van der Waals surface area contributed by atoms with E-state index < -0.39 is 42.2 Å². The third-order valence-electron chi connectivity index (χ3n) is 4.59. The molecule has 0 aliphatic carbocycles. The number of amides is 6. The van der Waals surface area contributed by atoms with Gasteiger partial charge in [-0.1, -0.05) is 42.5 Å². The van der Waals surface area contributed by atoms with Crippen LogP contribution in [0.4, 0.5) is 10.5 Å². The Morgan fingerprint density at radius 2 is 1.65 bits per heavy atom. The second kappa shape index (κ2) is 9.43. The zero-order chi connectivity index (χ0) is 22.5. The first kappa shape index (κ1) is 22.0. The number of rotatable bonds is 8. The van der Waals surface area contributed by atoms with Crippen molar-refractivity contribution in [3.05, 3.63) is 60.2 Å². The molecule has 0 bridgehead atoms. The molecule has 3 N–H and O–H groups in total. The number of urea groups is 1. The molecule has 1 aliphatic heterocycles. The van der Waals surface area contributed by atoms with Crippen LogP contribution in [0, 0.1) is 0 Å². The number of nitrogens with zero attached hydrogens (tertiary/aromatic N) is 2. The van der Waals surface area contributed by atoms with Gasteiger partial charge in [0.2, 0.25) is 11.8 Å². The highest BCUT2D eigenvalue weighted by atomic mass is 32.2. The van der Waals surface area contributed by atoms with Crippen molar-refractivity contribution in [3.63, 3.8) is 0 Å². The van der Waals surface area contributed by atoms with E-state index in [0.717, 1.165) is 16.7 Å². The number of anilines is 1. The Balaban J connectivity index is 1.71. The van der Waals surface area contributed by atoms with Crippen molar-refractivity contribution in [2.45, 2.75) is 17.9 Å². The lowest BCUT2D eigenvalue weighted by molar-refractivity contribution is -0.144. The Kier molecular flexibility index (Phi) is 6.71. The van der Waals surface area contributed by atoms with Gasteiger partial charge in [0.25, 0.3) is 0 Å². The van der Waals surface area contributed by atoms with E-state index in [0.29, 0.717) is 21.0 Å². The second-order valence-electron chi connectivity index (χ2n) is 6.74. The molecule has 1 heterocycles. The molecule has 9 nitrogen and oxygen atoms in total. The van der Waals surface area contributed by atoms with Crippen LogP contribution in [0.5, 0.6) is 0 Å². The van der Waals surface area contributed by atoms with Gasteiger partial charge >= 0.3 is 17.8 Å². The van der Waals surface area contributed by atoms with Crippen LogP contribution >= 0.6 is 11.8 Å². The van der Waals surface area contributed by atoms with Gasteiger partial charge in [0.15, 0.2) is 0 Å². The van der Waals surface area contributed by atoms with Crippen LogP contribution < -0.4 is 11.1 Å². The Labute approximate surface area is 182 Å². The third kappa shape index (κ3) is 4.92. The second-order valence-corrected chi connectivity index (χ2v) is 7.75. The molecular weight excluding hydrogens is 420 g/mol. The number of nitrogens with two attached hydrogens (primary N) is 1. The van der Waals surface area contributed by atoms with Crippen LogP contribution in [0.1, 0.15) is 18.5 Å². The van der Waals surface area contributed by atoms with Crippen molar-refractivity contribution in [2.75, 3.05) is 17.6 Å². The molecule has 1 saturated heterocycles. The Hall–Kier alpha value is -3.66. The Morgan fingerprint density at radius 3 is 2.32 bits per heavy atom. The fourth-order valence-electron chi connectivity index (χ4n) is 3.06. The number of nitrogens with one attached hydrogen (secondary N) is 1. The van der Waals surface area contributed by atoms with E-state index in [1.54, 1.807) is 61.5 Å². The van der Waals surface area contributed by atoms with Crippen molar-refractivity contribution < 1.29 is 24.0 Å². The van der Waals surface area contributed by atoms with Crippen molar-refractivity contribution in [3.8, 4) is 0 Å². The number of imide groups is 2. The summed E-state index contributed by atoms with van der Waals surface area (Å²) >= 11 is 1.14. The van der Waals surface area contributed by atoms with Crippen LogP contribution in [0.15, 0.2) is 59.5 Å². The molecule has 3 rings (SSSR count). The smallest absolute Gasteiger partial charge is 0.335 e. The van der Waals surface area contributed by atoms with E-state index in [1.807, 2.05) is 0 Å². The molecule has 1 fully saturated rings. The van der Waals surface area contributed by atoms with E-state index in [-0.39, 0.29) is 5.75 Å². The van der Waals surface area contributed by atoms with Gasteiger partial charge in [-0.05, 0) is 24.6 Å². The van der Waals surface area contributed by atoms with Crippen molar-refractivity contribution in [1.29, 1.82) is 0 Å². The number of benzene rings is 2. The molecule has 160 valence electrons. The number of carbonyl (C=O) groups excluding carboxylic acids is 5. The molecule has 0 saturated carbocycles. The molecule has 2 aromatic carbocycles. The number of thioether (sulfide) groups is 1. The molecule has 0 spiro atoms. The highest BCUT2D eigenvalue weighted by molar-refractivity contribution is 8.00. The van der Waals surface area contributed by atoms with Crippen molar-refractivity contribution in [2.24, 2.45) is 5.73 Å². The minimum absolute atomic E-state index is 0.0246. The van der Waals surface area contributed by atoms with E-state index in [1.165, 1.54) is 0 Å². The fourth-order valence-corrected chi connectivity index (χ4v) is 3.81. The monoisotopic (exact) mass is 440 g/mol. The lowest BCUT2D eigenvalue weighted by Gasteiger charge is -2.22. The molecule has 31 heavy (non-hydrogen) atoms. The normalized spacial score (nSPS) is 14.7. The number of hydrogen-bond donors (Lipinski definition) is 2. The standard InChI is InChI=1S/C21H20N4O5S/c1-13(14-7-3-2-4-8-14)25-20(29)19(28)24(21(25)30)11-18(27)23-15-9-5-6-10-16(15)31-12-17(22)26/h2-10,13H,11-12H2,1H3,(H2,22,26)(H,23,27). The predicted octanol–water partition coefficient (Wildman–Crippen LogP) is 1.75. The van der Waals surface area contributed by atoms with E-state index in [4.69, 9.17) is 5.73 Å². The van der Waals surface area contributed by atoms with Crippen LogP contribution in [0.3, 0.4) is 0 Å². The summed E-state index contributed by atoms with van der Waals surface area (Å²) in [5.74, 6) is -3.18. The topological polar surface area (TPSA) is 130 Å². The van der Waals surface area contributed by atoms with Gasteiger partial charge in [-0.15, -0.1) is 11.8 Å². The number of primary amides is 1. The Bertz CT molecular complexity index is 1040. The van der Waals surface area contributed by atoms with Crippen LogP contribution in [-0.2, 0) is 19.2 Å². The first-order valence-electron chi connectivity index (χ1n) is 9.33. The van der Waals surface area contributed by atoms with Crippen LogP contribution in [0.25, 0.3) is 0 Å².